The van der Waals surface area contributed by atoms with Crippen LogP contribution in [0.1, 0.15) is 73.1 Å². The molecule has 0 radical (unpaired) electrons. The summed E-state index contributed by atoms with van der Waals surface area (Å²) in [4.78, 5) is 33.2. The van der Waals surface area contributed by atoms with Crippen molar-refractivity contribution < 1.29 is 19.1 Å². The van der Waals surface area contributed by atoms with Gasteiger partial charge in [0.05, 0.1) is 35.9 Å². The number of benzene rings is 2. The molecule has 37 heavy (non-hydrogen) atoms. The fourth-order valence-electron chi connectivity index (χ4n) is 5.54. The predicted octanol–water partition coefficient (Wildman–Crippen LogP) is 4.21. The van der Waals surface area contributed by atoms with Crippen molar-refractivity contribution in [1.82, 2.24) is 10.2 Å². The number of thioether (sulfide) groups is 1. The molecule has 196 valence electrons. The van der Waals surface area contributed by atoms with E-state index < -0.39 is 5.54 Å². The van der Waals surface area contributed by atoms with E-state index in [4.69, 9.17) is 20.2 Å². The lowest BCUT2D eigenvalue weighted by Crippen LogP contribution is -2.53. The number of carbonyl (C=O) groups is 2. The Labute approximate surface area is 222 Å². The Kier molecular flexibility index (Phi) is 7.07. The molecule has 8 nitrogen and oxygen atoms in total. The lowest BCUT2D eigenvalue weighted by Gasteiger charge is -2.41. The molecule has 0 bridgehead atoms. The van der Waals surface area contributed by atoms with E-state index in [1.165, 1.54) is 0 Å². The predicted molar refractivity (Wildman–Crippen MR) is 145 cm³/mol. The summed E-state index contributed by atoms with van der Waals surface area (Å²) >= 11 is 1.67. The first-order valence-corrected chi connectivity index (χ1v) is 14.2. The maximum atomic E-state index is 13.5. The van der Waals surface area contributed by atoms with E-state index in [9.17, 15) is 9.59 Å². The Morgan fingerprint density at radius 3 is 2.65 bits per heavy atom. The van der Waals surface area contributed by atoms with Crippen LogP contribution in [0.2, 0.25) is 0 Å². The molecule has 0 spiro atoms. The second kappa shape index (κ2) is 10.3. The van der Waals surface area contributed by atoms with Crippen molar-refractivity contribution in [2.45, 2.75) is 62.4 Å². The Bertz CT molecular complexity index is 1230. The van der Waals surface area contributed by atoms with Gasteiger partial charge in [0.2, 0.25) is 5.91 Å². The van der Waals surface area contributed by atoms with Crippen LogP contribution in [0.15, 0.2) is 47.5 Å². The van der Waals surface area contributed by atoms with Crippen molar-refractivity contribution in [1.29, 1.82) is 0 Å². The number of ether oxygens (including phenoxy) is 2. The summed E-state index contributed by atoms with van der Waals surface area (Å²) in [6, 6.07) is 12.7. The summed E-state index contributed by atoms with van der Waals surface area (Å²) in [6.07, 6.45) is 4.44. The first-order chi connectivity index (χ1) is 17.9. The Morgan fingerprint density at radius 2 is 1.92 bits per heavy atom. The molecule has 0 aromatic heterocycles. The zero-order chi connectivity index (χ0) is 26.2. The third-order valence-corrected chi connectivity index (χ3v) is 8.89. The summed E-state index contributed by atoms with van der Waals surface area (Å²) in [6.45, 7) is 5.06. The number of nitrogens with two attached hydrogens (primary N) is 1. The van der Waals surface area contributed by atoms with Crippen molar-refractivity contribution in [2.24, 2.45) is 10.7 Å². The van der Waals surface area contributed by atoms with Crippen molar-refractivity contribution in [2.75, 3.05) is 19.5 Å². The van der Waals surface area contributed by atoms with Gasteiger partial charge in [-0.3, -0.25) is 14.5 Å². The summed E-state index contributed by atoms with van der Waals surface area (Å²) in [5.74, 6) is 1.48. The maximum Gasteiger partial charge on any atom is 0.251 e. The van der Waals surface area contributed by atoms with Gasteiger partial charge in [-0.05, 0) is 43.4 Å². The first kappa shape index (κ1) is 25.4. The van der Waals surface area contributed by atoms with E-state index >= 15 is 0 Å². The van der Waals surface area contributed by atoms with Crippen LogP contribution in [0.3, 0.4) is 0 Å². The zero-order valence-electron chi connectivity index (χ0n) is 21.5. The number of fused-ring (bicyclic) bond motifs is 2. The third-order valence-electron chi connectivity index (χ3n) is 7.87. The van der Waals surface area contributed by atoms with Gasteiger partial charge in [0.25, 0.3) is 5.91 Å². The van der Waals surface area contributed by atoms with Crippen LogP contribution >= 0.6 is 11.8 Å². The van der Waals surface area contributed by atoms with E-state index in [1.54, 1.807) is 22.7 Å². The molecule has 2 aromatic rings. The lowest BCUT2D eigenvalue weighted by atomic mass is 9.87. The normalized spacial score (nSPS) is 24.2. The van der Waals surface area contributed by atoms with E-state index in [-0.39, 0.29) is 35.1 Å². The standard InChI is InChI=1S/C28H34N4O4S/c1-4-28(5-2)15-24(33)32(27(29)31-28)20-12-13-35-22-11-10-17(14-19(20)22)26(34)30-25-18-8-6-7-9-21(18)36-16-23(25)37-3/h6-11,14,20,23,25H,4-5,12-13,15-16H2,1-3H3,(H2,29,31)(H,30,34)/t20-,23-,25-/m1/s1. The molecule has 3 heterocycles. The van der Waals surface area contributed by atoms with Gasteiger partial charge >= 0.3 is 0 Å². The Hall–Kier alpha value is -3.20. The minimum Gasteiger partial charge on any atom is -0.493 e. The van der Waals surface area contributed by atoms with Crippen molar-refractivity contribution in [3.63, 3.8) is 0 Å². The van der Waals surface area contributed by atoms with E-state index in [2.05, 4.69) is 5.32 Å². The average Bonchev–Trinajstić information content (AvgIpc) is 2.92. The smallest absolute Gasteiger partial charge is 0.251 e. The van der Waals surface area contributed by atoms with E-state index in [0.29, 0.717) is 37.4 Å². The number of nitrogens with one attached hydrogen (secondary N) is 1. The van der Waals surface area contributed by atoms with Gasteiger partial charge in [0.15, 0.2) is 5.96 Å². The quantitative estimate of drug-likeness (QED) is 0.589. The molecule has 9 heteroatoms. The van der Waals surface area contributed by atoms with Gasteiger partial charge in [0, 0.05) is 23.1 Å². The molecule has 3 aliphatic heterocycles. The zero-order valence-corrected chi connectivity index (χ0v) is 22.3. The molecule has 5 rings (SSSR count). The summed E-state index contributed by atoms with van der Waals surface area (Å²) < 4.78 is 11.8. The highest BCUT2D eigenvalue weighted by atomic mass is 32.2. The fraction of sp³-hybridized carbons (Fsp3) is 0.464. The molecule has 3 atom stereocenters. The molecular formula is C28H34N4O4S. The largest absolute Gasteiger partial charge is 0.493 e. The maximum absolute atomic E-state index is 13.5. The van der Waals surface area contributed by atoms with Crippen LogP contribution in [-0.2, 0) is 4.79 Å². The third kappa shape index (κ3) is 4.65. The number of rotatable bonds is 6. The molecular weight excluding hydrogens is 488 g/mol. The van der Waals surface area contributed by atoms with Crippen molar-refractivity contribution in [3.8, 4) is 11.5 Å². The number of amides is 2. The second-order valence-corrected chi connectivity index (χ2v) is 10.9. The first-order valence-electron chi connectivity index (χ1n) is 12.9. The van der Waals surface area contributed by atoms with Crippen LogP contribution in [0, 0.1) is 0 Å². The summed E-state index contributed by atoms with van der Waals surface area (Å²) in [7, 11) is 0. The molecule has 3 aliphatic rings. The van der Waals surface area contributed by atoms with Gasteiger partial charge in [-0.2, -0.15) is 11.8 Å². The molecule has 3 N–H and O–H groups in total. The molecule has 0 saturated heterocycles. The van der Waals surface area contributed by atoms with Crippen LogP contribution in [0.4, 0.5) is 0 Å². The van der Waals surface area contributed by atoms with E-state index in [1.807, 2.05) is 56.5 Å². The lowest BCUT2D eigenvalue weighted by molar-refractivity contribution is -0.132. The fourth-order valence-corrected chi connectivity index (χ4v) is 6.24. The SMILES string of the molecule is CCC1(CC)CC(=O)N([C@@H]2CCOc3ccc(C(=O)N[C@@H]4c5ccccc5OC[C@H]4SC)cc32)C(N)=N1. The van der Waals surface area contributed by atoms with E-state index in [0.717, 1.165) is 29.7 Å². The topological polar surface area (TPSA) is 106 Å². The van der Waals surface area contributed by atoms with Gasteiger partial charge < -0.3 is 20.5 Å². The highest BCUT2D eigenvalue weighted by molar-refractivity contribution is 7.99. The molecule has 0 fully saturated rings. The number of hydrogen-bond donors (Lipinski definition) is 2. The molecule has 0 unspecified atom stereocenters. The number of hydrogen-bond acceptors (Lipinski definition) is 7. The second-order valence-electron chi connectivity index (χ2n) is 9.82. The minimum absolute atomic E-state index is 0.0365. The number of aliphatic imine (C=N–C) groups is 1. The van der Waals surface area contributed by atoms with Crippen LogP contribution in [0.25, 0.3) is 0 Å². The summed E-state index contributed by atoms with van der Waals surface area (Å²) in [5, 5.41) is 3.32. The Morgan fingerprint density at radius 1 is 1.16 bits per heavy atom. The number of carbonyl (C=O) groups excluding carboxylic acids is 2. The van der Waals surface area contributed by atoms with Gasteiger partial charge in [-0.15, -0.1) is 0 Å². The number of guanidine groups is 1. The van der Waals surface area contributed by atoms with Crippen molar-refractivity contribution in [3.05, 3.63) is 59.2 Å². The van der Waals surface area contributed by atoms with Gasteiger partial charge in [-0.25, -0.2) is 4.99 Å². The molecule has 2 aromatic carbocycles. The highest BCUT2D eigenvalue weighted by Gasteiger charge is 2.42. The van der Waals surface area contributed by atoms with Gasteiger partial charge in [-0.1, -0.05) is 32.0 Å². The number of para-hydroxylation sites is 1. The minimum atomic E-state index is -0.443. The molecule has 0 saturated carbocycles. The monoisotopic (exact) mass is 522 g/mol. The van der Waals surface area contributed by atoms with Gasteiger partial charge in [0.1, 0.15) is 18.1 Å². The van der Waals surface area contributed by atoms with Crippen LogP contribution < -0.4 is 20.5 Å². The summed E-state index contributed by atoms with van der Waals surface area (Å²) in [5.41, 5.74) is 8.22. The van der Waals surface area contributed by atoms with Crippen molar-refractivity contribution >= 4 is 29.5 Å². The van der Waals surface area contributed by atoms with Crippen LogP contribution in [0.5, 0.6) is 11.5 Å². The Balaban J connectivity index is 1.44. The average molecular weight is 523 g/mol. The molecule has 0 aliphatic carbocycles. The molecule has 2 amide bonds. The van der Waals surface area contributed by atoms with Crippen LogP contribution in [-0.4, -0.2) is 52.9 Å². The number of nitrogens with zero attached hydrogens (tertiary/aromatic N) is 2. The highest BCUT2D eigenvalue weighted by Crippen LogP contribution is 2.41.